The molecular formula is C22H35IN6O. The number of benzene rings is 1. The fraction of sp³-hybridized carbons (Fsp3) is 0.500. The minimum atomic E-state index is 0. The van der Waals surface area contributed by atoms with Crippen molar-refractivity contribution in [1.82, 2.24) is 20.1 Å². The molecular weight excluding hydrogens is 491 g/mol. The van der Waals surface area contributed by atoms with E-state index in [1.165, 1.54) is 0 Å². The molecule has 1 amide bonds. The highest BCUT2D eigenvalue weighted by Crippen LogP contribution is 2.22. The van der Waals surface area contributed by atoms with Crippen molar-refractivity contribution in [2.75, 3.05) is 52.2 Å². The predicted molar refractivity (Wildman–Crippen MR) is 137 cm³/mol. The second-order valence-corrected chi connectivity index (χ2v) is 7.14. The van der Waals surface area contributed by atoms with Crippen LogP contribution in [0.2, 0.25) is 0 Å². The van der Waals surface area contributed by atoms with Crippen molar-refractivity contribution in [2.24, 2.45) is 4.99 Å². The van der Waals surface area contributed by atoms with Crippen LogP contribution in [0.4, 0.5) is 5.82 Å². The van der Waals surface area contributed by atoms with E-state index in [1.54, 1.807) is 0 Å². The van der Waals surface area contributed by atoms with Gasteiger partial charge in [-0.3, -0.25) is 4.79 Å². The number of carbonyl (C=O) groups excluding carboxylic acids is 1. The molecule has 0 saturated heterocycles. The number of carbonyl (C=O) groups is 1. The van der Waals surface area contributed by atoms with E-state index in [4.69, 9.17) is 9.98 Å². The van der Waals surface area contributed by atoms with Crippen molar-refractivity contribution in [2.45, 2.75) is 27.3 Å². The van der Waals surface area contributed by atoms with Gasteiger partial charge in [-0.05, 0) is 38.5 Å². The number of aromatic nitrogens is 1. The van der Waals surface area contributed by atoms with Crippen molar-refractivity contribution < 1.29 is 4.79 Å². The fourth-order valence-electron chi connectivity index (χ4n) is 3.18. The van der Waals surface area contributed by atoms with Gasteiger partial charge in [0.05, 0.1) is 18.6 Å². The Balaban J connectivity index is 0.00000450. The van der Waals surface area contributed by atoms with E-state index in [0.717, 1.165) is 34.8 Å². The third kappa shape index (κ3) is 6.72. The third-order valence-corrected chi connectivity index (χ3v) is 4.83. The van der Waals surface area contributed by atoms with Gasteiger partial charge in [-0.15, -0.1) is 24.0 Å². The van der Waals surface area contributed by atoms with Crippen molar-refractivity contribution in [3.8, 4) is 0 Å². The van der Waals surface area contributed by atoms with Crippen LogP contribution in [0.1, 0.15) is 26.3 Å². The molecule has 0 aliphatic carbocycles. The number of para-hydroxylation sites is 1. The van der Waals surface area contributed by atoms with Gasteiger partial charge >= 0.3 is 0 Å². The zero-order valence-electron chi connectivity index (χ0n) is 19.0. The smallest absolute Gasteiger partial charge is 0.242 e. The molecule has 30 heavy (non-hydrogen) atoms. The summed E-state index contributed by atoms with van der Waals surface area (Å²) in [6, 6.07) is 10.2. The molecule has 2 rings (SSSR count). The highest BCUT2D eigenvalue weighted by molar-refractivity contribution is 14.0. The number of rotatable bonds is 8. The SMILES string of the molecule is CCNC(=NCc1cc(N(C)C)nc2ccccc12)N(C)CC(=O)N(CC)CC.I. The van der Waals surface area contributed by atoms with Gasteiger partial charge in [0, 0.05) is 46.2 Å². The average Bonchev–Trinajstić information content (AvgIpc) is 2.71. The molecule has 1 heterocycles. The second kappa shape index (κ2) is 12.6. The molecule has 0 atom stereocenters. The van der Waals surface area contributed by atoms with Crippen molar-refractivity contribution in [3.63, 3.8) is 0 Å². The van der Waals surface area contributed by atoms with E-state index >= 15 is 0 Å². The molecule has 0 saturated carbocycles. The van der Waals surface area contributed by atoms with E-state index in [0.29, 0.717) is 26.2 Å². The minimum Gasteiger partial charge on any atom is -0.363 e. The maximum Gasteiger partial charge on any atom is 0.242 e. The van der Waals surface area contributed by atoms with Gasteiger partial charge in [-0.1, -0.05) is 18.2 Å². The summed E-state index contributed by atoms with van der Waals surface area (Å²) in [7, 11) is 5.88. The molecule has 1 aromatic carbocycles. The van der Waals surface area contributed by atoms with Crippen LogP contribution in [0.3, 0.4) is 0 Å². The molecule has 0 radical (unpaired) electrons. The number of hydrogen-bond donors (Lipinski definition) is 1. The summed E-state index contributed by atoms with van der Waals surface area (Å²) in [5, 5.41) is 4.39. The normalized spacial score (nSPS) is 11.1. The third-order valence-electron chi connectivity index (χ3n) is 4.83. The van der Waals surface area contributed by atoms with Crippen LogP contribution in [0.5, 0.6) is 0 Å². The summed E-state index contributed by atoms with van der Waals surface area (Å²) < 4.78 is 0. The van der Waals surface area contributed by atoms with E-state index in [2.05, 4.69) is 17.4 Å². The number of nitrogens with one attached hydrogen (secondary N) is 1. The fourth-order valence-corrected chi connectivity index (χ4v) is 3.18. The van der Waals surface area contributed by atoms with Crippen LogP contribution >= 0.6 is 24.0 Å². The average molecular weight is 526 g/mol. The van der Waals surface area contributed by atoms with Crippen LogP contribution in [-0.4, -0.2) is 74.0 Å². The Morgan fingerprint density at radius 2 is 1.77 bits per heavy atom. The zero-order chi connectivity index (χ0) is 21.4. The molecule has 0 aliphatic rings. The van der Waals surface area contributed by atoms with E-state index < -0.39 is 0 Å². The Hall–Kier alpha value is -2.10. The lowest BCUT2D eigenvalue weighted by atomic mass is 10.1. The van der Waals surface area contributed by atoms with Crippen molar-refractivity contribution in [1.29, 1.82) is 0 Å². The Kier molecular flexibility index (Phi) is 10.9. The van der Waals surface area contributed by atoms with Crippen LogP contribution < -0.4 is 10.2 Å². The first-order chi connectivity index (χ1) is 13.9. The number of guanidine groups is 1. The number of hydrogen-bond acceptors (Lipinski definition) is 4. The molecule has 2 aromatic rings. The van der Waals surface area contributed by atoms with Gasteiger partial charge in [0.2, 0.25) is 5.91 Å². The summed E-state index contributed by atoms with van der Waals surface area (Å²) in [5.41, 5.74) is 2.07. The van der Waals surface area contributed by atoms with Crippen LogP contribution in [0.25, 0.3) is 10.9 Å². The standard InChI is InChI=1S/C22H34N6O.HI/c1-7-23-22(27(6)16-21(29)28(8-2)9-3)24-15-17-14-20(26(4)5)25-19-13-11-10-12-18(17)19;/h10-14H,7-9,15-16H2,1-6H3,(H,23,24);1H. The number of fused-ring (bicyclic) bond motifs is 1. The van der Waals surface area contributed by atoms with Crippen LogP contribution in [-0.2, 0) is 11.3 Å². The Labute approximate surface area is 197 Å². The number of pyridine rings is 1. The highest BCUT2D eigenvalue weighted by atomic mass is 127. The number of aliphatic imine (C=N–C) groups is 1. The van der Waals surface area contributed by atoms with Gasteiger partial charge < -0.3 is 20.0 Å². The van der Waals surface area contributed by atoms with E-state index in [1.807, 2.05) is 74.8 Å². The lowest BCUT2D eigenvalue weighted by Gasteiger charge is -2.25. The second-order valence-electron chi connectivity index (χ2n) is 7.14. The first-order valence-corrected chi connectivity index (χ1v) is 10.2. The number of anilines is 1. The lowest BCUT2D eigenvalue weighted by Crippen LogP contribution is -2.45. The Morgan fingerprint density at radius 1 is 1.10 bits per heavy atom. The monoisotopic (exact) mass is 526 g/mol. The minimum absolute atomic E-state index is 0. The summed E-state index contributed by atoms with van der Waals surface area (Å²) >= 11 is 0. The first-order valence-electron chi connectivity index (χ1n) is 10.2. The maximum absolute atomic E-state index is 12.5. The number of likely N-dealkylation sites (N-methyl/N-ethyl adjacent to an activating group) is 2. The molecule has 0 fully saturated rings. The molecule has 0 bridgehead atoms. The molecule has 7 nitrogen and oxygen atoms in total. The van der Waals surface area contributed by atoms with Gasteiger partial charge in [-0.25, -0.2) is 9.98 Å². The lowest BCUT2D eigenvalue weighted by molar-refractivity contribution is -0.131. The zero-order valence-corrected chi connectivity index (χ0v) is 21.3. The van der Waals surface area contributed by atoms with Gasteiger partial charge in [-0.2, -0.15) is 0 Å². The van der Waals surface area contributed by atoms with E-state index in [-0.39, 0.29) is 29.9 Å². The van der Waals surface area contributed by atoms with Gasteiger partial charge in [0.15, 0.2) is 5.96 Å². The largest absolute Gasteiger partial charge is 0.363 e. The Bertz CT molecular complexity index is 851. The molecule has 0 spiro atoms. The topological polar surface area (TPSA) is 64.1 Å². The maximum atomic E-state index is 12.5. The molecule has 8 heteroatoms. The molecule has 0 aliphatic heterocycles. The first kappa shape index (κ1) is 25.9. The number of amides is 1. The molecule has 1 aromatic heterocycles. The Morgan fingerprint density at radius 3 is 2.37 bits per heavy atom. The number of halogens is 1. The predicted octanol–water partition coefficient (Wildman–Crippen LogP) is 3.18. The van der Waals surface area contributed by atoms with Gasteiger partial charge in [0.1, 0.15) is 5.82 Å². The quantitative estimate of drug-likeness (QED) is 0.325. The summed E-state index contributed by atoms with van der Waals surface area (Å²) in [4.78, 5) is 27.7. The molecule has 1 N–H and O–H groups in total. The highest BCUT2D eigenvalue weighted by Gasteiger charge is 2.15. The van der Waals surface area contributed by atoms with Gasteiger partial charge in [0.25, 0.3) is 0 Å². The molecule has 0 unspecified atom stereocenters. The number of nitrogens with zero attached hydrogens (tertiary/aromatic N) is 5. The summed E-state index contributed by atoms with van der Waals surface area (Å²) in [6.45, 7) is 9.00. The van der Waals surface area contributed by atoms with E-state index in [9.17, 15) is 4.79 Å². The van der Waals surface area contributed by atoms with Crippen LogP contribution in [0, 0.1) is 0 Å². The van der Waals surface area contributed by atoms with Crippen molar-refractivity contribution >= 4 is 52.6 Å². The van der Waals surface area contributed by atoms with Crippen molar-refractivity contribution in [3.05, 3.63) is 35.9 Å². The summed E-state index contributed by atoms with van der Waals surface area (Å²) in [5.74, 6) is 1.73. The molecule has 166 valence electrons. The summed E-state index contributed by atoms with van der Waals surface area (Å²) in [6.07, 6.45) is 0. The van der Waals surface area contributed by atoms with Crippen LogP contribution in [0.15, 0.2) is 35.3 Å².